The molecule has 0 aliphatic heterocycles. The van der Waals surface area contributed by atoms with Gasteiger partial charge in [0, 0.05) is 47.6 Å². The van der Waals surface area contributed by atoms with E-state index >= 15 is 0 Å². The van der Waals surface area contributed by atoms with Crippen molar-refractivity contribution in [3.63, 3.8) is 0 Å². The normalized spacial score (nSPS) is 13.5. The molecule has 0 amide bonds. The molecule has 0 saturated carbocycles. The van der Waals surface area contributed by atoms with Gasteiger partial charge in [0.15, 0.2) is 17.5 Å². The fourth-order valence-electron chi connectivity index (χ4n) is 5.58. The van der Waals surface area contributed by atoms with Gasteiger partial charge in [-0.1, -0.05) is 109 Å². The summed E-state index contributed by atoms with van der Waals surface area (Å²) in [5.41, 5.74) is 2.29. The molecule has 0 atom stereocenters. The van der Waals surface area contributed by atoms with Crippen molar-refractivity contribution < 1.29 is 12.6 Å². The number of rotatable bonds is 4. The van der Waals surface area contributed by atoms with Crippen LogP contribution in [0.15, 0.2) is 144 Å². The Hall–Kier alpha value is -5.65. The van der Waals surface area contributed by atoms with Crippen LogP contribution in [0.2, 0.25) is 0 Å². The van der Waals surface area contributed by atoms with E-state index in [4.69, 9.17) is 23.5 Å². The third-order valence-electron chi connectivity index (χ3n) is 7.66. The van der Waals surface area contributed by atoms with E-state index in [2.05, 4.69) is 12.1 Å². The van der Waals surface area contributed by atoms with Gasteiger partial charge in [-0.05, 0) is 41.4 Å². The molecule has 3 aromatic heterocycles. The Morgan fingerprint density at radius 1 is 0.523 bits per heavy atom. The fraction of sp³-hybridized carbons (Fsp3) is 0. The molecule has 0 radical (unpaired) electrons. The molecule has 0 aliphatic rings. The van der Waals surface area contributed by atoms with Crippen LogP contribution in [0, 0.1) is 0 Å². The van der Waals surface area contributed by atoms with Crippen LogP contribution in [0.4, 0.5) is 0 Å². The number of fused-ring (bicyclic) bond motifs is 6. The van der Waals surface area contributed by atoms with Crippen LogP contribution in [0.1, 0.15) is 8.22 Å². The van der Waals surface area contributed by atoms with Crippen LogP contribution in [0.3, 0.4) is 0 Å². The highest BCUT2D eigenvalue weighted by Crippen LogP contribution is 2.41. The van der Waals surface area contributed by atoms with E-state index < -0.39 is 0 Å². The summed E-state index contributed by atoms with van der Waals surface area (Å²) >= 11 is 1.62. The van der Waals surface area contributed by atoms with Gasteiger partial charge in [0.05, 0.1) is 8.22 Å². The molecule has 206 valence electrons. The molecule has 0 unspecified atom stereocenters. The van der Waals surface area contributed by atoms with Gasteiger partial charge in [-0.15, -0.1) is 11.3 Å². The molecule has 0 fully saturated rings. The van der Waals surface area contributed by atoms with Gasteiger partial charge in [0.1, 0.15) is 11.2 Å². The molecule has 9 rings (SSSR count). The number of aromatic nitrogens is 3. The second kappa shape index (κ2) is 9.97. The molecule has 0 bridgehead atoms. The minimum absolute atomic E-state index is 0.0171. The first kappa shape index (κ1) is 19.5. The van der Waals surface area contributed by atoms with Crippen LogP contribution < -0.4 is 0 Å². The third kappa shape index (κ3) is 4.09. The van der Waals surface area contributed by atoms with Gasteiger partial charge >= 0.3 is 0 Å². The number of hydrogen-bond donors (Lipinski definition) is 0. The smallest absolute Gasteiger partial charge is 0.164 e. The second-order valence-electron chi connectivity index (χ2n) is 10.4. The number of nitrogens with zero attached hydrogens (tertiary/aromatic N) is 3. The molecule has 0 saturated heterocycles. The highest BCUT2D eigenvalue weighted by Gasteiger charge is 2.17. The van der Waals surface area contributed by atoms with Crippen molar-refractivity contribution in [1.82, 2.24) is 15.0 Å². The quantitative estimate of drug-likeness (QED) is 0.205. The Morgan fingerprint density at radius 2 is 1.18 bits per heavy atom. The lowest BCUT2D eigenvalue weighted by Crippen LogP contribution is -2.00. The average molecular weight is 588 g/mol. The van der Waals surface area contributed by atoms with Crippen molar-refractivity contribution >= 4 is 53.4 Å². The molecule has 5 heteroatoms. The minimum Gasteiger partial charge on any atom is -0.456 e. The molecular weight excluding hydrogens is 559 g/mol. The van der Waals surface area contributed by atoms with Gasteiger partial charge in [-0.2, -0.15) is 0 Å². The molecule has 0 aliphatic carbocycles. The Balaban J connectivity index is 1.33. The van der Waals surface area contributed by atoms with Crippen LogP contribution in [-0.2, 0) is 0 Å². The zero-order chi connectivity index (χ0) is 34.3. The highest BCUT2D eigenvalue weighted by atomic mass is 32.1. The topological polar surface area (TPSA) is 51.8 Å². The molecule has 9 aromatic rings. The van der Waals surface area contributed by atoms with E-state index in [1.54, 1.807) is 11.3 Å². The summed E-state index contributed by atoms with van der Waals surface area (Å²) in [6.45, 7) is 0. The molecule has 4 nitrogen and oxygen atoms in total. The van der Waals surface area contributed by atoms with E-state index in [1.807, 2.05) is 91.0 Å². The maximum Gasteiger partial charge on any atom is 0.164 e. The summed E-state index contributed by atoms with van der Waals surface area (Å²) < 4.78 is 62.7. The van der Waals surface area contributed by atoms with Crippen molar-refractivity contribution in [2.24, 2.45) is 0 Å². The summed E-state index contributed by atoms with van der Waals surface area (Å²) in [5.74, 6) is 0.719. The molecule has 0 spiro atoms. The largest absolute Gasteiger partial charge is 0.456 e. The molecule has 44 heavy (non-hydrogen) atoms. The van der Waals surface area contributed by atoms with E-state index in [9.17, 15) is 4.11 Å². The highest BCUT2D eigenvalue weighted by molar-refractivity contribution is 7.25. The zero-order valence-electron chi connectivity index (χ0n) is 29.0. The van der Waals surface area contributed by atoms with Crippen molar-refractivity contribution in [3.05, 3.63) is 139 Å². The summed E-state index contributed by atoms with van der Waals surface area (Å²) in [6, 6.07) is 31.0. The summed E-state index contributed by atoms with van der Waals surface area (Å²) in [6.07, 6.45) is 0. The van der Waals surface area contributed by atoms with Crippen LogP contribution in [-0.4, -0.2) is 15.0 Å². The lowest BCUT2D eigenvalue weighted by atomic mass is 9.98. The monoisotopic (exact) mass is 587 g/mol. The molecule has 0 N–H and O–H groups in total. The number of hydrogen-bond acceptors (Lipinski definition) is 5. The van der Waals surface area contributed by atoms with Gasteiger partial charge in [-0.25, -0.2) is 15.0 Å². The average Bonchev–Trinajstić information content (AvgIpc) is 3.73. The van der Waals surface area contributed by atoms with E-state index in [0.29, 0.717) is 33.9 Å². The van der Waals surface area contributed by atoms with Gasteiger partial charge in [0.2, 0.25) is 0 Å². The van der Waals surface area contributed by atoms with Crippen LogP contribution in [0.5, 0.6) is 0 Å². The van der Waals surface area contributed by atoms with E-state index in [0.717, 1.165) is 20.2 Å². The molecular formula is C39H23N3OS. The van der Waals surface area contributed by atoms with E-state index in [1.165, 1.54) is 0 Å². The first-order valence-corrected chi connectivity index (χ1v) is 14.9. The standard InChI is InChI=1S/C39H23N3OS/c1-3-10-24(11-4-1)37-40-38(25-12-5-2-6-13-25)42-39(41-37)27-19-21-31-33(22-27)43-32-16-9-15-28(36(31)32)26-18-20-30-29-14-7-8-17-34(29)44-35(30)23-26/h1-23H/i9D,15D,16D,19D,21D,22D. The zero-order valence-corrected chi connectivity index (χ0v) is 23.8. The number of furan rings is 1. The predicted octanol–water partition coefficient (Wildman–Crippen LogP) is 10.8. The lowest BCUT2D eigenvalue weighted by Gasteiger charge is -2.08. The first-order valence-electron chi connectivity index (χ1n) is 17.0. The maximum atomic E-state index is 9.37. The summed E-state index contributed by atoms with van der Waals surface area (Å²) in [4.78, 5) is 14.1. The van der Waals surface area contributed by atoms with Crippen LogP contribution in [0.25, 0.3) is 87.4 Å². The van der Waals surface area contributed by atoms with Gasteiger partial charge in [0.25, 0.3) is 0 Å². The fourth-order valence-corrected chi connectivity index (χ4v) is 6.72. The van der Waals surface area contributed by atoms with Gasteiger partial charge in [-0.3, -0.25) is 0 Å². The van der Waals surface area contributed by atoms with Crippen molar-refractivity contribution in [1.29, 1.82) is 0 Å². The minimum atomic E-state index is -0.329. The third-order valence-corrected chi connectivity index (χ3v) is 8.80. The Morgan fingerprint density at radius 3 is 1.93 bits per heavy atom. The number of benzene rings is 6. The van der Waals surface area contributed by atoms with Crippen molar-refractivity contribution in [2.45, 2.75) is 0 Å². The van der Waals surface area contributed by atoms with Crippen molar-refractivity contribution in [3.8, 4) is 45.3 Å². The Labute approximate surface area is 265 Å². The molecule has 3 heterocycles. The van der Waals surface area contributed by atoms with Gasteiger partial charge < -0.3 is 4.42 Å². The summed E-state index contributed by atoms with van der Waals surface area (Å²) in [5, 5.41) is 2.57. The molecule has 6 aromatic carbocycles. The Kier molecular flexibility index (Phi) is 4.42. The van der Waals surface area contributed by atoms with Crippen molar-refractivity contribution in [2.75, 3.05) is 0 Å². The lowest BCUT2D eigenvalue weighted by molar-refractivity contribution is 0.669. The predicted molar refractivity (Wildman–Crippen MR) is 182 cm³/mol. The number of thiophene rings is 1. The van der Waals surface area contributed by atoms with E-state index in [-0.39, 0.29) is 69.6 Å². The van der Waals surface area contributed by atoms with Crippen LogP contribution >= 0.6 is 11.3 Å². The first-order chi connectivity index (χ1) is 24.3. The second-order valence-corrected chi connectivity index (χ2v) is 11.4. The summed E-state index contributed by atoms with van der Waals surface area (Å²) in [7, 11) is 0. The Bertz CT molecular complexity index is 2780. The maximum absolute atomic E-state index is 9.37. The SMILES string of the molecule is [2H]c1c([2H])c(-c2ccc3c(c2)sc2ccccc23)c2c(oc3c([2H])c(-c4nc(-c5ccccc5)nc(-c5ccccc5)n4)c([2H])c([2H])c32)c1[2H].